The number of aliphatic imine (C=N–C) groups is 1. The van der Waals surface area contributed by atoms with Crippen molar-refractivity contribution in [3.05, 3.63) is 89.5 Å². The van der Waals surface area contributed by atoms with Crippen LogP contribution in [0.4, 0.5) is 10.1 Å². The maximum Gasteiger partial charge on any atom is 0.154 e. The number of fused-ring (bicyclic) bond motifs is 1. The summed E-state index contributed by atoms with van der Waals surface area (Å²) in [5.74, 6) is 1.48. The van der Waals surface area contributed by atoms with E-state index in [1.807, 2.05) is 36.4 Å². The first-order chi connectivity index (χ1) is 14.1. The standard InChI is InChI=1S/C23H21FN4O/c1-15(2)14-29-19-6-3-16(4-7-19)22-20-13-18(24)5-8-21(20)26-23(28-27-22)17-9-11-25-12-10-17/h3-13,15H,14H2,1-2H3,(H,26,28). The number of halogens is 1. The number of aromatic nitrogens is 1. The second-order valence-corrected chi connectivity index (χ2v) is 7.16. The number of rotatable bonds is 5. The minimum absolute atomic E-state index is 0.337. The number of nitrogens with zero attached hydrogens (tertiary/aromatic N) is 3. The van der Waals surface area contributed by atoms with Gasteiger partial charge in [0.15, 0.2) is 5.84 Å². The zero-order valence-corrected chi connectivity index (χ0v) is 16.3. The molecule has 5 nitrogen and oxygen atoms in total. The van der Waals surface area contributed by atoms with Gasteiger partial charge in [-0.25, -0.2) is 9.38 Å². The molecule has 1 aliphatic heterocycles. The molecule has 29 heavy (non-hydrogen) atoms. The number of benzene rings is 2. The summed E-state index contributed by atoms with van der Waals surface area (Å²) in [6, 6.07) is 15.8. The fourth-order valence-electron chi connectivity index (χ4n) is 2.94. The van der Waals surface area contributed by atoms with Gasteiger partial charge in [-0.15, -0.1) is 0 Å². The zero-order valence-electron chi connectivity index (χ0n) is 16.3. The van der Waals surface area contributed by atoms with Crippen LogP contribution in [0.15, 0.2) is 77.1 Å². The lowest BCUT2D eigenvalue weighted by molar-refractivity contribution is 0.271. The Kier molecular flexibility index (Phi) is 5.33. The maximum atomic E-state index is 14.0. The van der Waals surface area contributed by atoms with Crippen LogP contribution in [0.3, 0.4) is 0 Å². The zero-order chi connectivity index (χ0) is 20.2. The molecule has 2 aromatic carbocycles. The normalized spacial score (nSPS) is 13.1. The molecule has 1 N–H and O–H groups in total. The van der Waals surface area contributed by atoms with E-state index < -0.39 is 0 Å². The van der Waals surface area contributed by atoms with Crippen LogP contribution in [-0.4, -0.2) is 23.1 Å². The van der Waals surface area contributed by atoms with Crippen LogP contribution in [-0.2, 0) is 0 Å². The Morgan fingerprint density at radius 2 is 1.72 bits per heavy atom. The molecular formula is C23H21FN4O. The van der Waals surface area contributed by atoms with Crippen LogP contribution in [0.1, 0.15) is 30.5 Å². The van der Waals surface area contributed by atoms with Crippen molar-refractivity contribution in [2.75, 3.05) is 6.61 Å². The summed E-state index contributed by atoms with van der Waals surface area (Å²) < 4.78 is 19.8. The molecule has 0 bridgehead atoms. The third kappa shape index (κ3) is 4.32. The van der Waals surface area contributed by atoms with E-state index in [1.165, 1.54) is 12.1 Å². The fourth-order valence-corrected chi connectivity index (χ4v) is 2.94. The summed E-state index contributed by atoms with van der Waals surface area (Å²) in [4.78, 5) is 8.70. The number of hydrazone groups is 1. The van der Waals surface area contributed by atoms with Gasteiger partial charge in [-0.05, 0) is 60.5 Å². The summed E-state index contributed by atoms with van der Waals surface area (Å²) in [6.45, 7) is 4.86. The van der Waals surface area contributed by atoms with Gasteiger partial charge < -0.3 is 4.74 Å². The second kappa shape index (κ2) is 8.22. The average molecular weight is 388 g/mol. The summed E-state index contributed by atoms with van der Waals surface area (Å²) in [5.41, 5.74) is 6.59. The van der Waals surface area contributed by atoms with Crippen LogP contribution in [0.25, 0.3) is 0 Å². The van der Waals surface area contributed by atoms with Crippen molar-refractivity contribution < 1.29 is 9.13 Å². The van der Waals surface area contributed by atoms with Gasteiger partial charge in [0, 0.05) is 29.1 Å². The van der Waals surface area contributed by atoms with Gasteiger partial charge in [0.05, 0.1) is 12.3 Å². The van der Waals surface area contributed by atoms with E-state index >= 15 is 0 Å². The van der Waals surface area contributed by atoms with Gasteiger partial charge in [-0.1, -0.05) is 13.8 Å². The summed E-state index contributed by atoms with van der Waals surface area (Å²) in [7, 11) is 0. The Morgan fingerprint density at radius 3 is 2.45 bits per heavy atom. The molecule has 1 aliphatic rings. The van der Waals surface area contributed by atoms with E-state index in [1.54, 1.807) is 18.5 Å². The first-order valence-corrected chi connectivity index (χ1v) is 9.46. The molecule has 2 heterocycles. The van der Waals surface area contributed by atoms with Gasteiger partial charge in [0.25, 0.3) is 0 Å². The second-order valence-electron chi connectivity index (χ2n) is 7.16. The molecule has 0 saturated carbocycles. The van der Waals surface area contributed by atoms with Gasteiger partial charge in [0.1, 0.15) is 17.3 Å². The quantitative estimate of drug-likeness (QED) is 0.690. The number of ether oxygens (including phenoxy) is 1. The number of nitrogens with one attached hydrogen (secondary N) is 1. The van der Waals surface area contributed by atoms with E-state index in [0.717, 1.165) is 16.9 Å². The summed E-state index contributed by atoms with van der Waals surface area (Å²) >= 11 is 0. The Bertz CT molecular complexity index is 1060. The van der Waals surface area contributed by atoms with Crippen molar-refractivity contribution in [1.82, 2.24) is 10.4 Å². The first-order valence-electron chi connectivity index (χ1n) is 9.46. The highest BCUT2D eigenvalue weighted by Crippen LogP contribution is 2.27. The van der Waals surface area contributed by atoms with Crippen molar-refractivity contribution in [2.45, 2.75) is 13.8 Å². The fraction of sp³-hybridized carbons (Fsp3) is 0.174. The minimum Gasteiger partial charge on any atom is -0.493 e. The number of hydrogen-bond acceptors (Lipinski definition) is 5. The van der Waals surface area contributed by atoms with Gasteiger partial charge >= 0.3 is 0 Å². The van der Waals surface area contributed by atoms with E-state index in [-0.39, 0.29) is 5.82 Å². The molecule has 6 heteroatoms. The molecule has 0 spiro atoms. The lowest BCUT2D eigenvalue weighted by atomic mass is 10.0. The Hall–Kier alpha value is -3.54. The lowest BCUT2D eigenvalue weighted by Gasteiger charge is -2.11. The first kappa shape index (κ1) is 18.8. The van der Waals surface area contributed by atoms with E-state index in [0.29, 0.717) is 35.3 Å². The number of amidine groups is 1. The van der Waals surface area contributed by atoms with E-state index in [2.05, 4.69) is 34.4 Å². The monoisotopic (exact) mass is 388 g/mol. The third-order valence-corrected chi connectivity index (χ3v) is 4.38. The summed E-state index contributed by atoms with van der Waals surface area (Å²) in [5, 5.41) is 4.55. The Balaban J connectivity index is 1.71. The van der Waals surface area contributed by atoms with Gasteiger partial charge in [-0.2, -0.15) is 5.10 Å². The predicted octanol–water partition coefficient (Wildman–Crippen LogP) is 4.69. The smallest absolute Gasteiger partial charge is 0.154 e. The Labute approximate surface area is 169 Å². The molecular weight excluding hydrogens is 367 g/mol. The van der Waals surface area contributed by atoms with Crippen molar-refractivity contribution in [2.24, 2.45) is 16.0 Å². The predicted molar refractivity (Wildman–Crippen MR) is 112 cm³/mol. The van der Waals surface area contributed by atoms with Crippen LogP contribution in [0.5, 0.6) is 5.75 Å². The molecule has 1 aromatic heterocycles. The third-order valence-electron chi connectivity index (χ3n) is 4.38. The van der Waals surface area contributed by atoms with Crippen molar-refractivity contribution in [3.8, 4) is 5.75 Å². The molecule has 146 valence electrons. The number of hydrogen-bond donors (Lipinski definition) is 1. The lowest BCUT2D eigenvalue weighted by Crippen LogP contribution is -2.19. The molecule has 0 atom stereocenters. The van der Waals surface area contributed by atoms with Crippen LogP contribution in [0, 0.1) is 11.7 Å². The highest BCUT2D eigenvalue weighted by atomic mass is 19.1. The van der Waals surface area contributed by atoms with Crippen LogP contribution in [0.2, 0.25) is 0 Å². The largest absolute Gasteiger partial charge is 0.493 e. The Morgan fingerprint density at radius 1 is 0.966 bits per heavy atom. The van der Waals surface area contributed by atoms with Crippen LogP contribution >= 0.6 is 0 Å². The van der Waals surface area contributed by atoms with Crippen molar-refractivity contribution in [1.29, 1.82) is 0 Å². The molecule has 0 radical (unpaired) electrons. The molecule has 0 fully saturated rings. The molecule has 0 amide bonds. The SMILES string of the molecule is CC(C)COc1ccc(C2=NNC(c3ccncc3)=Nc3ccc(F)cc32)cc1. The van der Waals surface area contributed by atoms with Crippen molar-refractivity contribution in [3.63, 3.8) is 0 Å². The molecule has 0 aliphatic carbocycles. The maximum absolute atomic E-state index is 14.0. The van der Waals surface area contributed by atoms with Gasteiger partial charge in [-0.3, -0.25) is 10.4 Å². The molecule has 4 rings (SSSR count). The molecule has 0 saturated heterocycles. The van der Waals surface area contributed by atoms with E-state index in [4.69, 9.17) is 4.74 Å². The van der Waals surface area contributed by atoms with Crippen LogP contribution < -0.4 is 10.2 Å². The minimum atomic E-state index is -0.337. The summed E-state index contributed by atoms with van der Waals surface area (Å²) in [6.07, 6.45) is 3.38. The van der Waals surface area contributed by atoms with Gasteiger partial charge in [0.2, 0.25) is 0 Å². The highest BCUT2D eigenvalue weighted by Gasteiger charge is 2.18. The highest BCUT2D eigenvalue weighted by molar-refractivity contribution is 6.18. The topological polar surface area (TPSA) is 58.9 Å². The molecule has 0 unspecified atom stereocenters. The van der Waals surface area contributed by atoms with E-state index in [9.17, 15) is 4.39 Å². The number of pyridine rings is 1. The average Bonchev–Trinajstić information content (AvgIpc) is 2.93. The van der Waals surface area contributed by atoms with Crippen molar-refractivity contribution >= 4 is 17.2 Å². The molecule has 3 aromatic rings.